The molecular weight excluding hydrogens is 342 g/mol. The highest BCUT2D eigenvalue weighted by molar-refractivity contribution is 7.73. The molecule has 4 nitrogen and oxygen atoms in total. The van der Waals surface area contributed by atoms with Crippen molar-refractivity contribution in [1.82, 2.24) is 4.57 Å². The van der Waals surface area contributed by atoms with Crippen LogP contribution in [0.25, 0.3) is 6.08 Å². The van der Waals surface area contributed by atoms with E-state index in [-0.39, 0.29) is 17.7 Å². The molecule has 6 heteroatoms. The molecular formula is C18H25NO3S2. The highest BCUT2D eigenvalue weighted by Crippen LogP contribution is 2.41. The largest absolute Gasteiger partial charge is 0.493 e. The molecule has 0 saturated carbocycles. The summed E-state index contributed by atoms with van der Waals surface area (Å²) in [5.74, 6) is -0.697. The Balaban J connectivity index is 2.21. The topological polar surface area (TPSA) is 62.5 Å². The molecule has 0 fully saturated rings. The summed E-state index contributed by atoms with van der Waals surface area (Å²) in [5.41, 5.74) is 2.90. The van der Waals surface area contributed by atoms with Crippen LogP contribution in [0.15, 0.2) is 17.2 Å². The molecule has 1 aliphatic rings. The zero-order chi connectivity index (χ0) is 17.9. The number of hydrogen-bond acceptors (Lipinski definition) is 4. The van der Waals surface area contributed by atoms with Crippen LogP contribution < -0.4 is 0 Å². The van der Waals surface area contributed by atoms with Gasteiger partial charge in [0, 0.05) is 13.0 Å². The highest BCUT2D eigenvalue weighted by atomic mass is 32.1. The molecule has 0 aliphatic heterocycles. The fourth-order valence-corrected chi connectivity index (χ4v) is 4.54. The maximum absolute atomic E-state index is 10.6. The first kappa shape index (κ1) is 18.9. The standard InChI is InChI=1S/C18H25NO3S2/c1-12-6-4-10-18(2,3)13(12)8-9-14-16(22)19(17(23)24-14)11-5-7-15(20)21/h8-9,22H,4-7,10-11H2,1-3H3,(H,20,21). The minimum Gasteiger partial charge on any atom is -0.493 e. The average molecular weight is 368 g/mol. The number of allylic oxidation sites excluding steroid dienone is 3. The molecule has 0 radical (unpaired) electrons. The Morgan fingerprint density at radius 1 is 1.42 bits per heavy atom. The van der Waals surface area contributed by atoms with Crippen molar-refractivity contribution in [3.63, 3.8) is 0 Å². The summed E-state index contributed by atoms with van der Waals surface area (Å²) in [5, 5.41) is 19.1. The monoisotopic (exact) mass is 367 g/mol. The summed E-state index contributed by atoms with van der Waals surface area (Å²) in [6.45, 7) is 7.12. The van der Waals surface area contributed by atoms with Crippen molar-refractivity contribution in [3.8, 4) is 5.88 Å². The van der Waals surface area contributed by atoms with E-state index in [9.17, 15) is 9.90 Å². The smallest absolute Gasteiger partial charge is 0.303 e. The van der Waals surface area contributed by atoms with E-state index in [4.69, 9.17) is 17.3 Å². The lowest BCUT2D eigenvalue weighted by atomic mass is 9.72. The lowest BCUT2D eigenvalue weighted by molar-refractivity contribution is -0.137. The molecule has 1 aliphatic carbocycles. The number of aromatic hydroxyl groups is 1. The molecule has 1 aromatic rings. The highest BCUT2D eigenvalue weighted by Gasteiger charge is 2.26. The van der Waals surface area contributed by atoms with Gasteiger partial charge in [0.2, 0.25) is 5.88 Å². The van der Waals surface area contributed by atoms with E-state index in [1.807, 2.05) is 6.08 Å². The molecule has 24 heavy (non-hydrogen) atoms. The Morgan fingerprint density at radius 3 is 2.75 bits per heavy atom. The van der Waals surface area contributed by atoms with Gasteiger partial charge in [-0.3, -0.25) is 9.36 Å². The van der Waals surface area contributed by atoms with Crippen molar-refractivity contribution in [2.45, 2.75) is 59.4 Å². The Kier molecular flexibility index (Phi) is 6.04. The zero-order valence-electron chi connectivity index (χ0n) is 14.5. The molecule has 132 valence electrons. The first-order chi connectivity index (χ1) is 11.2. The molecule has 2 rings (SSSR count). The lowest BCUT2D eigenvalue weighted by Gasteiger charge is -2.32. The molecule has 0 spiro atoms. The third kappa shape index (κ3) is 4.36. The van der Waals surface area contributed by atoms with Crippen LogP contribution in [0.5, 0.6) is 5.88 Å². The SMILES string of the molecule is CC1=C(C=Cc2sc(=S)n(CCCC(=O)O)c2O)C(C)(C)CCC1. The fraction of sp³-hybridized carbons (Fsp3) is 0.556. The van der Waals surface area contributed by atoms with Crippen molar-refractivity contribution in [2.24, 2.45) is 5.41 Å². The summed E-state index contributed by atoms with van der Waals surface area (Å²) in [4.78, 5) is 11.4. The molecule has 0 atom stereocenters. The van der Waals surface area contributed by atoms with Gasteiger partial charge in [-0.1, -0.05) is 25.5 Å². The van der Waals surface area contributed by atoms with Gasteiger partial charge in [0.1, 0.15) is 0 Å². The number of rotatable bonds is 6. The number of nitrogens with zero attached hydrogens (tertiary/aromatic N) is 1. The van der Waals surface area contributed by atoms with Gasteiger partial charge in [-0.25, -0.2) is 0 Å². The van der Waals surface area contributed by atoms with E-state index < -0.39 is 5.97 Å². The maximum Gasteiger partial charge on any atom is 0.303 e. The Hall–Kier alpha value is -1.40. The van der Waals surface area contributed by atoms with E-state index in [1.165, 1.54) is 35.3 Å². The van der Waals surface area contributed by atoms with Gasteiger partial charge in [0.15, 0.2) is 3.95 Å². The van der Waals surface area contributed by atoms with E-state index in [1.54, 1.807) is 4.57 Å². The van der Waals surface area contributed by atoms with Crippen LogP contribution in [-0.4, -0.2) is 20.7 Å². The molecule has 0 aromatic carbocycles. The molecule has 0 amide bonds. The third-order valence-corrected chi connectivity index (χ3v) is 6.01. The summed E-state index contributed by atoms with van der Waals surface area (Å²) >= 11 is 6.67. The lowest BCUT2D eigenvalue weighted by Crippen LogP contribution is -2.18. The van der Waals surface area contributed by atoms with Gasteiger partial charge in [0.05, 0.1) is 4.88 Å². The summed E-state index contributed by atoms with van der Waals surface area (Å²) < 4.78 is 2.20. The van der Waals surface area contributed by atoms with Crippen molar-refractivity contribution in [3.05, 3.63) is 26.1 Å². The van der Waals surface area contributed by atoms with Gasteiger partial charge in [-0.15, -0.1) is 11.3 Å². The second-order valence-electron chi connectivity index (χ2n) is 6.97. The van der Waals surface area contributed by atoms with E-state index in [2.05, 4.69) is 26.8 Å². The Morgan fingerprint density at radius 2 is 2.12 bits per heavy atom. The summed E-state index contributed by atoms with van der Waals surface area (Å²) in [6, 6.07) is 0. The minimum absolute atomic E-state index is 0.0719. The zero-order valence-corrected chi connectivity index (χ0v) is 16.1. The predicted molar refractivity (Wildman–Crippen MR) is 101 cm³/mol. The summed E-state index contributed by atoms with van der Waals surface area (Å²) in [7, 11) is 0. The Labute approximate surface area is 152 Å². The van der Waals surface area contributed by atoms with Crippen molar-refractivity contribution < 1.29 is 15.0 Å². The van der Waals surface area contributed by atoms with Crippen LogP contribution in [0.2, 0.25) is 0 Å². The van der Waals surface area contributed by atoms with Gasteiger partial charge >= 0.3 is 5.97 Å². The average Bonchev–Trinajstić information content (AvgIpc) is 2.73. The van der Waals surface area contributed by atoms with Gasteiger partial charge in [-0.05, 0) is 61.9 Å². The van der Waals surface area contributed by atoms with Crippen LogP contribution in [0.3, 0.4) is 0 Å². The van der Waals surface area contributed by atoms with Gasteiger partial charge < -0.3 is 10.2 Å². The Bertz CT molecular complexity index is 738. The fourth-order valence-electron chi connectivity index (χ4n) is 3.28. The minimum atomic E-state index is -0.835. The third-order valence-electron chi connectivity index (χ3n) is 4.61. The van der Waals surface area contributed by atoms with E-state index >= 15 is 0 Å². The number of carboxylic acids is 1. The number of aromatic nitrogens is 1. The van der Waals surface area contributed by atoms with Crippen LogP contribution in [0.1, 0.15) is 57.8 Å². The number of carbonyl (C=O) groups is 1. The van der Waals surface area contributed by atoms with Crippen LogP contribution in [0, 0.1) is 9.37 Å². The quantitative estimate of drug-likeness (QED) is 0.662. The predicted octanol–water partition coefficient (Wildman–Crippen LogP) is 5.39. The van der Waals surface area contributed by atoms with E-state index in [0.29, 0.717) is 16.9 Å². The van der Waals surface area contributed by atoms with Crippen molar-refractivity contribution in [1.29, 1.82) is 0 Å². The number of hydrogen-bond donors (Lipinski definition) is 2. The van der Waals surface area contributed by atoms with Crippen LogP contribution >= 0.6 is 23.6 Å². The van der Waals surface area contributed by atoms with Gasteiger partial charge in [0.25, 0.3) is 0 Å². The molecule has 2 N–H and O–H groups in total. The molecule has 0 bridgehead atoms. The van der Waals surface area contributed by atoms with E-state index in [0.717, 1.165) is 11.3 Å². The number of aliphatic carboxylic acids is 1. The molecule has 0 unspecified atom stereocenters. The van der Waals surface area contributed by atoms with Crippen LogP contribution in [-0.2, 0) is 11.3 Å². The van der Waals surface area contributed by atoms with Crippen molar-refractivity contribution in [2.75, 3.05) is 0 Å². The molecule has 0 saturated heterocycles. The van der Waals surface area contributed by atoms with Crippen LogP contribution in [0.4, 0.5) is 0 Å². The molecule has 1 aromatic heterocycles. The number of thiazole rings is 1. The normalized spacial score (nSPS) is 17.6. The molecule has 1 heterocycles. The number of carboxylic acid groups (broad SMARTS) is 1. The maximum atomic E-state index is 10.6. The second-order valence-corrected chi connectivity index (χ2v) is 8.65. The summed E-state index contributed by atoms with van der Waals surface area (Å²) in [6.07, 6.45) is 8.09. The first-order valence-corrected chi connectivity index (χ1v) is 9.47. The second kappa shape index (κ2) is 7.66. The first-order valence-electron chi connectivity index (χ1n) is 8.25. The van der Waals surface area contributed by atoms with Gasteiger partial charge in [-0.2, -0.15) is 0 Å². The van der Waals surface area contributed by atoms with Crippen molar-refractivity contribution >= 4 is 35.6 Å².